The molecule has 2 aromatic carbocycles. The van der Waals surface area contributed by atoms with Gasteiger partial charge in [-0.05, 0) is 71.4 Å². The second-order valence-electron chi connectivity index (χ2n) is 4.71. The molecule has 0 bridgehead atoms. The van der Waals surface area contributed by atoms with Gasteiger partial charge in [0.2, 0.25) is 0 Å². The fourth-order valence-corrected chi connectivity index (χ4v) is 2.50. The zero-order valence-corrected chi connectivity index (χ0v) is 13.6. The predicted molar refractivity (Wildman–Crippen MR) is 87.5 cm³/mol. The molecule has 1 unspecified atom stereocenters. The van der Waals surface area contributed by atoms with Crippen molar-refractivity contribution in [1.82, 2.24) is 5.32 Å². The predicted octanol–water partition coefficient (Wildman–Crippen LogP) is 4.78. The van der Waals surface area contributed by atoms with Gasteiger partial charge in [-0.2, -0.15) is 5.26 Å². The van der Waals surface area contributed by atoms with Crippen LogP contribution >= 0.6 is 15.9 Å². The van der Waals surface area contributed by atoms with Crippen molar-refractivity contribution in [2.75, 3.05) is 6.54 Å². The maximum absolute atomic E-state index is 8.78. The smallest absolute Gasteiger partial charge is 0.141 e. The topological polar surface area (TPSA) is 45.0 Å². The van der Waals surface area contributed by atoms with Crippen LogP contribution in [0.15, 0.2) is 46.9 Å². The molecular formula is C17H17BrN2O. The lowest BCUT2D eigenvalue weighted by Gasteiger charge is -2.15. The fourth-order valence-electron chi connectivity index (χ4n) is 2.02. The Hall–Kier alpha value is -1.83. The van der Waals surface area contributed by atoms with E-state index in [1.54, 1.807) is 24.3 Å². The molecule has 0 aliphatic heterocycles. The van der Waals surface area contributed by atoms with Crippen molar-refractivity contribution in [3.05, 3.63) is 58.1 Å². The molecule has 0 aliphatic carbocycles. The molecule has 2 aromatic rings. The second kappa shape index (κ2) is 7.26. The van der Waals surface area contributed by atoms with Gasteiger partial charge in [0.1, 0.15) is 11.5 Å². The van der Waals surface area contributed by atoms with Crippen molar-refractivity contribution < 1.29 is 4.74 Å². The summed E-state index contributed by atoms with van der Waals surface area (Å²) >= 11 is 3.55. The third-order valence-corrected chi connectivity index (χ3v) is 3.80. The summed E-state index contributed by atoms with van der Waals surface area (Å²) in [7, 11) is 0. The van der Waals surface area contributed by atoms with Crippen molar-refractivity contribution in [2.45, 2.75) is 19.9 Å². The van der Waals surface area contributed by atoms with E-state index in [0.717, 1.165) is 16.8 Å². The highest BCUT2D eigenvalue weighted by Gasteiger charge is 2.08. The summed E-state index contributed by atoms with van der Waals surface area (Å²) in [6.45, 7) is 5.16. The van der Waals surface area contributed by atoms with Gasteiger partial charge in [-0.3, -0.25) is 0 Å². The average Bonchev–Trinajstić information content (AvgIpc) is 2.50. The Morgan fingerprint density at radius 1 is 1.24 bits per heavy atom. The maximum atomic E-state index is 8.78. The SMILES string of the molecule is CCNC(C)c1ccc(Oc2ccc(C#N)cc2)c(Br)c1. The van der Waals surface area contributed by atoms with Crippen LogP contribution in [0.3, 0.4) is 0 Å². The molecule has 108 valence electrons. The molecule has 0 radical (unpaired) electrons. The van der Waals surface area contributed by atoms with Crippen molar-refractivity contribution >= 4 is 15.9 Å². The van der Waals surface area contributed by atoms with Crippen LogP contribution in [0.25, 0.3) is 0 Å². The molecule has 0 saturated carbocycles. The van der Waals surface area contributed by atoms with E-state index in [4.69, 9.17) is 10.00 Å². The lowest BCUT2D eigenvalue weighted by molar-refractivity contribution is 0.478. The molecule has 0 aliphatic rings. The Balaban J connectivity index is 2.15. The Bertz CT molecular complexity index is 647. The number of nitrogens with one attached hydrogen (secondary N) is 1. The first kappa shape index (κ1) is 15.6. The lowest BCUT2D eigenvalue weighted by atomic mass is 10.1. The van der Waals surface area contributed by atoms with Crippen LogP contribution < -0.4 is 10.1 Å². The van der Waals surface area contributed by atoms with E-state index in [1.807, 2.05) is 6.07 Å². The van der Waals surface area contributed by atoms with Crippen LogP contribution in [0.5, 0.6) is 11.5 Å². The van der Waals surface area contributed by atoms with Gasteiger partial charge >= 0.3 is 0 Å². The van der Waals surface area contributed by atoms with Gasteiger partial charge in [0, 0.05) is 6.04 Å². The first-order chi connectivity index (χ1) is 10.1. The number of nitriles is 1. The normalized spacial score (nSPS) is 11.7. The number of rotatable bonds is 5. The van der Waals surface area contributed by atoms with E-state index in [9.17, 15) is 0 Å². The summed E-state index contributed by atoms with van der Waals surface area (Å²) in [5.74, 6) is 1.47. The Kier molecular flexibility index (Phi) is 5.38. The van der Waals surface area contributed by atoms with Crippen molar-refractivity contribution in [3.8, 4) is 17.6 Å². The Labute approximate surface area is 133 Å². The second-order valence-corrected chi connectivity index (χ2v) is 5.56. The molecule has 0 saturated heterocycles. The fraction of sp³-hybridized carbons (Fsp3) is 0.235. The number of hydrogen-bond acceptors (Lipinski definition) is 3. The monoisotopic (exact) mass is 344 g/mol. The standard InChI is InChI=1S/C17H17BrN2O/c1-3-20-12(2)14-6-9-17(16(18)10-14)21-15-7-4-13(11-19)5-8-15/h4-10,12,20H,3H2,1-2H3. The third kappa shape index (κ3) is 4.07. The van der Waals surface area contributed by atoms with Crippen LogP contribution in [0.2, 0.25) is 0 Å². The van der Waals surface area contributed by atoms with Gasteiger partial charge in [0.15, 0.2) is 0 Å². The van der Waals surface area contributed by atoms with E-state index < -0.39 is 0 Å². The number of halogens is 1. The van der Waals surface area contributed by atoms with Crippen LogP contribution in [-0.2, 0) is 0 Å². The van der Waals surface area contributed by atoms with Gasteiger partial charge in [0.05, 0.1) is 16.1 Å². The minimum atomic E-state index is 0.301. The average molecular weight is 345 g/mol. The zero-order chi connectivity index (χ0) is 15.2. The van der Waals surface area contributed by atoms with Gasteiger partial charge in [0.25, 0.3) is 0 Å². The van der Waals surface area contributed by atoms with Crippen molar-refractivity contribution in [2.24, 2.45) is 0 Å². The molecule has 0 amide bonds. The van der Waals surface area contributed by atoms with Crippen molar-refractivity contribution in [1.29, 1.82) is 5.26 Å². The lowest BCUT2D eigenvalue weighted by Crippen LogP contribution is -2.17. The summed E-state index contributed by atoms with van der Waals surface area (Å²) in [4.78, 5) is 0. The summed E-state index contributed by atoms with van der Waals surface area (Å²) in [6, 6.07) is 15.5. The van der Waals surface area contributed by atoms with E-state index >= 15 is 0 Å². The Morgan fingerprint density at radius 2 is 1.95 bits per heavy atom. The molecule has 0 fully saturated rings. The molecule has 2 rings (SSSR count). The minimum Gasteiger partial charge on any atom is -0.456 e. The van der Waals surface area contributed by atoms with Gasteiger partial charge in [-0.25, -0.2) is 0 Å². The van der Waals surface area contributed by atoms with Gasteiger partial charge < -0.3 is 10.1 Å². The molecule has 1 N–H and O–H groups in total. The summed E-state index contributed by atoms with van der Waals surface area (Å²) in [5, 5.41) is 12.2. The van der Waals surface area contributed by atoms with Gasteiger partial charge in [-0.1, -0.05) is 13.0 Å². The highest BCUT2D eigenvalue weighted by molar-refractivity contribution is 9.10. The molecule has 0 spiro atoms. The summed E-state index contributed by atoms with van der Waals surface area (Å²) in [5.41, 5.74) is 1.83. The maximum Gasteiger partial charge on any atom is 0.141 e. The number of nitrogens with zero attached hydrogens (tertiary/aromatic N) is 1. The van der Waals surface area contributed by atoms with E-state index in [2.05, 4.69) is 53.3 Å². The van der Waals surface area contributed by atoms with E-state index in [1.165, 1.54) is 5.56 Å². The van der Waals surface area contributed by atoms with E-state index in [-0.39, 0.29) is 0 Å². The molecule has 1 atom stereocenters. The summed E-state index contributed by atoms with van der Waals surface area (Å²) in [6.07, 6.45) is 0. The highest BCUT2D eigenvalue weighted by Crippen LogP contribution is 2.32. The molecule has 3 nitrogen and oxygen atoms in total. The molecule has 21 heavy (non-hydrogen) atoms. The largest absolute Gasteiger partial charge is 0.456 e. The number of hydrogen-bond donors (Lipinski definition) is 1. The minimum absolute atomic E-state index is 0.301. The number of ether oxygens (including phenoxy) is 1. The van der Waals surface area contributed by atoms with Gasteiger partial charge in [-0.15, -0.1) is 0 Å². The molecule has 0 aromatic heterocycles. The quantitative estimate of drug-likeness (QED) is 0.848. The first-order valence-corrected chi connectivity index (χ1v) is 7.64. The molecule has 0 heterocycles. The Morgan fingerprint density at radius 3 is 2.52 bits per heavy atom. The molecule has 4 heteroatoms. The molecular weight excluding hydrogens is 328 g/mol. The van der Waals surface area contributed by atoms with Crippen LogP contribution in [0.1, 0.15) is 31.0 Å². The first-order valence-electron chi connectivity index (χ1n) is 6.85. The van der Waals surface area contributed by atoms with Crippen molar-refractivity contribution in [3.63, 3.8) is 0 Å². The summed E-state index contributed by atoms with van der Waals surface area (Å²) < 4.78 is 6.74. The zero-order valence-electron chi connectivity index (χ0n) is 12.1. The third-order valence-electron chi connectivity index (χ3n) is 3.18. The highest BCUT2D eigenvalue weighted by atomic mass is 79.9. The van der Waals surface area contributed by atoms with E-state index in [0.29, 0.717) is 17.4 Å². The van der Waals surface area contributed by atoms with Crippen LogP contribution in [-0.4, -0.2) is 6.54 Å². The number of benzene rings is 2. The van der Waals surface area contributed by atoms with Crippen LogP contribution in [0.4, 0.5) is 0 Å². The van der Waals surface area contributed by atoms with Crippen LogP contribution in [0, 0.1) is 11.3 Å².